The monoisotopic (exact) mass is 417 g/mol. The molecule has 1 fully saturated rings. The Morgan fingerprint density at radius 2 is 1.80 bits per heavy atom. The van der Waals surface area contributed by atoms with Crippen molar-refractivity contribution in [2.24, 2.45) is 0 Å². The van der Waals surface area contributed by atoms with Gasteiger partial charge in [0.25, 0.3) is 0 Å². The van der Waals surface area contributed by atoms with Gasteiger partial charge < -0.3 is 10.6 Å². The summed E-state index contributed by atoms with van der Waals surface area (Å²) in [4.78, 5) is 12.8. The highest BCUT2D eigenvalue weighted by molar-refractivity contribution is 5.69. The van der Waals surface area contributed by atoms with Gasteiger partial charge in [-0.15, -0.1) is 0 Å². The first-order valence-corrected chi connectivity index (χ1v) is 9.59. The molecule has 2 N–H and O–H groups in total. The van der Waals surface area contributed by atoms with Crippen LogP contribution in [0.1, 0.15) is 31.2 Å². The number of alkyl halides is 3. The molecular formula is C21H19F4N5. The molecular weight excluding hydrogens is 398 g/mol. The topological polar surface area (TPSA) is 62.7 Å². The number of nitrogens with zero attached hydrogens (tertiary/aromatic N) is 3. The Morgan fingerprint density at radius 3 is 2.50 bits per heavy atom. The Labute approximate surface area is 170 Å². The summed E-state index contributed by atoms with van der Waals surface area (Å²) in [5.41, 5.74) is -0.644. The summed E-state index contributed by atoms with van der Waals surface area (Å²) in [6.45, 7) is 0. The second-order valence-electron chi connectivity index (χ2n) is 7.11. The molecule has 1 aliphatic carbocycles. The number of anilines is 3. The summed E-state index contributed by atoms with van der Waals surface area (Å²) in [5, 5.41) is 5.75. The summed E-state index contributed by atoms with van der Waals surface area (Å²) >= 11 is 0. The van der Waals surface area contributed by atoms with Crippen LogP contribution in [-0.2, 0) is 6.18 Å². The van der Waals surface area contributed by atoms with E-state index in [0.29, 0.717) is 11.3 Å². The van der Waals surface area contributed by atoms with Gasteiger partial charge in [-0.25, -0.2) is 9.37 Å². The van der Waals surface area contributed by atoms with Crippen LogP contribution in [0.2, 0.25) is 0 Å². The smallest absolute Gasteiger partial charge is 0.351 e. The third-order valence-corrected chi connectivity index (χ3v) is 4.94. The first kappa shape index (κ1) is 20.1. The lowest BCUT2D eigenvalue weighted by Gasteiger charge is -2.17. The van der Waals surface area contributed by atoms with E-state index in [1.165, 1.54) is 6.07 Å². The van der Waals surface area contributed by atoms with Gasteiger partial charge in [0.2, 0.25) is 5.95 Å². The molecule has 5 nitrogen and oxygen atoms in total. The second-order valence-corrected chi connectivity index (χ2v) is 7.11. The molecule has 0 unspecified atom stereocenters. The van der Waals surface area contributed by atoms with E-state index in [1.54, 1.807) is 24.5 Å². The van der Waals surface area contributed by atoms with Crippen LogP contribution in [0.3, 0.4) is 0 Å². The maximum atomic E-state index is 14.3. The molecule has 1 aliphatic rings. The van der Waals surface area contributed by atoms with Crippen molar-refractivity contribution in [3.63, 3.8) is 0 Å². The Balaban J connectivity index is 1.74. The van der Waals surface area contributed by atoms with E-state index < -0.39 is 23.2 Å². The lowest BCUT2D eigenvalue weighted by Crippen LogP contribution is -2.17. The fourth-order valence-corrected chi connectivity index (χ4v) is 3.51. The predicted molar refractivity (Wildman–Crippen MR) is 106 cm³/mol. The fourth-order valence-electron chi connectivity index (χ4n) is 3.51. The highest BCUT2D eigenvalue weighted by Gasteiger charge is 2.35. The molecule has 9 heteroatoms. The van der Waals surface area contributed by atoms with E-state index in [9.17, 15) is 17.6 Å². The molecule has 3 aromatic rings. The molecule has 2 heterocycles. The average molecular weight is 417 g/mol. The van der Waals surface area contributed by atoms with E-state index in [4.69, 9.17) is 0 Å². The Hall–Kier alpha value is -3.23. The van der Waals surface area contributed by atoms with Gasteiger partial charge >= 0.3 is 6.18 Å². The first-order valence-electron chi connectivity index (χ1n) is 9.59. The molecule has 1 saturated carbocycles. The summed E-state index contributed by atoms with van der Waals surface area (Å²) < 4.78 is 54.4. The van der Waals surface area contributed by atoms with Crippen LogP contribution >= 0.6 is 0 Å². The molecule has 0 spiro atoms. The molecule has 0 atom stereocenters. The number of hydrogen-bond acceptors (Lipinski definition) is 5. The van der Waals surface area contributed by atoms with Crippen molar-refractivity contribution in [3.05, 3.63) is 60.2 Å². The van der Waals surface area contributed by atoms with Crippen molar-refractivity contribution in [2.75, 3.05) is 10.6 Å². The summed E-state index contributed by atoms with van der Waals surface area (Å²) in [5.74, 6) is -0.688. The summed E-state index contributed by atoms with van der Waals surface area (Å²) in [6.07, 6.45) is 2.61. The lowest BCUT2D eigenvalue weighted by atomic mass is 10.1. The van der Waals surface area contributed by atoms with E-state index in [1.807, 2.05) is 0 Å². The minimum atomic E-state index is -4.71. The Bertz CT molecular complexity index is 1020. The van der Waals surface area contributed by atoms with Crippen LogP contribution in [-0.4, -0.2) is 21.0 Å². The molecule has 0 saturated heterocycles. The Morgan fingerprint density at radius 1 is 1.00 bits per heavy atom. The van der Waals surface area contributed by atoms with E-state index in [-0.39, 0.29) is 17.8 Å². The summed E-state index contributed by atoms with van der Waals surface area (Å²) in [7, 11) is 0. The van der Waals surface area contributed by atoms with Gasteiger partial charge in [0.15, 0.2) is 0 Å². The van der Waals surface area contributed by atoms with E-state index in [2.05, 4.69) is 25.6 Å². The highest BCUT2D eigenvalue weighted by atomic mass is 19.4. The first-order chi connectivity index (χ1) is 14.4. The zero-order valence-electron chi connectivity index (χ0n) is 15.9. The van der Waals surface area contributed by atoms with Gasteiger partial charge in [-0.3, -0.25) is 4.98 Å². The van der Waals surface area contributed by atoms with Crippen LogP contribution in [0.25, 0.3) is 11.3 Å². The number of aromatic nitrogens is 3. The number of rotatable bonds is 5. The van der Waals surface area contributed by atoms with Crippen LogP contribution < -0.4 is 10.6 Å². The quantitative estimate of drug-likeness (QED) is 0.514. The zero-order chi connectivity index (χ0) is 21.1. The average Bonchev–Trinajstić information content (AvgIpc) is 3.22. The molecule has 30 heavy (non-hydrogen) atoms. The minimum Gasteiger partial charge on any atom is -0.351 e. The SMILES string of the molecule is Fc1cccc(C(F)(F)F)c1Nc1cc(-c2cccnc2)nc(NC2CCCC2)n1. The van der Waals surface area contributed by atoms with Gasteiger partial charge in [-0.1, -0.05) is 18.9 Å². The van der Waals surface area contributed by atoms with Crippen molar-refractivity contribution >= 4 is 17.5 Å². The van der Waals surface area contributed by atoms with E-state index in [0.717, 1.165) is 43.9 Å². The van der Waals surface area contributed by atoms with Gasteiger partial charge in [0, 0.05) is 30.1 Å². The van der Waals surface area contributed by atoms with Gasteiger partial charge in [0.1, 0.15) is 11.6 Å². The Kier molecular flexibility index (Phi) is 5.52. The van der Waals surface area contributed by atoms with Gasteiger partial charge in [0.05, 0.1) is 16.9 Å². The highest BCUT2D eigenvalue weighted by Crippen LogP contribution is 2.37. The van der Waals surface area contributed by atoms with Crippen LogP contribution in [0.15, 0.2) is 48.8 Å². The van der Waals surface area contributed by atoms with Crippen LogP contribution in [0.4, 0.5) is 35.0 Å². The van der Waals surface area contributed by atoms with Crippen LogP contribution in [0, 0.1) is 5.82 Å². The number of halogens is 4. The van der Waals surface area contributed by atoms with Crippen molar-refractivity contribution in [1.29, 1.82) is 0 Å². The fraction of sp³-hybridized carbons (Fsp3) is 0.286. The maximum Gasteiger partial charge on any atom is 0.418 e. The molecule has 4 rings (SSSR count). The molecule has 1 aromatic carbocycles. The molecule has 0 aliphatic heterocycles. The largest absolute Gasteiger partial charge is 0.418 e. The van der Waals surface area contributed by atoms with E-state index >= 15 is 0 Å². The third-order valence-electron chi connectivity index (χ3n) is 4.94. The molecule has 156 valence electrons. The number of pyridine rings is 1. The zero-order valence-corrected chi connectivity index (χ0v) is 15.9. The van der Waals surface area contributed by atoms with Crippen molar-refractivity contribution in [1.82, 2.24) is 15.0 Å². The number of benzene rings is 1. The number of nitrogens with one attached hydrogen (secondary N) is 2. The van der Waals surface area contributed by atoms with Gasteiger partial charge in [-0.05, 0) is 37.1 Å². The van der Waals surface area contributed by atoms with Crippen molar-refractivity contribution in [2.45, 2.75) is 37.9 Å². The lowest BCUT2D eigenvalue weighted by molar-refractivity contribution is -0.137. The van der Waals surface area contributed by atoms with Crippen molar-refractivity contribution in [3.8, 4) is 11.3 Å². The molecule has 0 bridgehead atoms. The third kappa shape index (κ3) is 4.50. The molecule has 0 amide bonds. The number of hydrogen-bond donors (Lipinski definition) is 2. The normalized spacial score (nSPS) is 14.7. The molecule has 2 aromatic heterocycles. The summed E-state index contributed by atoms with van der Waals surface area (Å²) in [6, 6.07) is 8.00. The van der Waals surface area contributed by atoms with Crippen LogP contribution in [0.5, 0.6) is 0 Å². The standard InChI is InChI=1S/C21H19F4N5/c22-16-9-3-8-15(21(23,24)25)19(16)29-18-11-17(13-5-4-10-26-12-13)28-20(30-18)27-14-6-1-2-7-14/h3-5,8-12,14H,1-2,6-7H2,(H2,27,28,29,30). The van der Waals surface area contributed by atoms with Crippen molar-refractivity contribution < 1.29 is 17.6 Å². The number of para-hydroxylation sites is 1. The minimum absolute atomic E-state index is 0.0555. The molecule has 0 radical (unpaired) electrons. The van der Waals surface area contributed by atoms with Gasteiger partial charge in [-0.2, -0.15) is 18.2 Å². The predicted octanol–water partition coefficient (Wildman–Crippen LogP) is 5.79. The second kappa shape index (κ2) is 8.25. The maximum absolute atomic E-state index is 14.3.